The molecule has 1 fully saturated rings. The van der Waals surface area contributed by atoms with Crippen LogP contribution >= 0.6 is 0 Å². The molecule has 2 aliphatic rings. The van der Waals surface area contributed by atoms with Gasteiger partial charge in [0.2, 0.25) is 5.95 Å². The Labute approximate surface area is 202 Å². The molecule has 35 heavy (non-hydrogen) atoms. The number of carbonyl (C=O) groups excluding carboxylic acids is 1. The number of morpholine rings is 1. The number of nitrogens with one attached hydrogen (secondary N) is 2. The summed E-state index contributed by atoms with van der Waals surface area (Å²) in [5.74, 6) is 1.72. The van der Waals surface area contributed by atoms with Crippen LogP contribution in [0, 0.1) is 0 Å². The number of anilines is 3. The number of aromatic nitrogens is 4. The second kappa shape index (κ2) is 10.2. The molecule has 5 rings (SSSR count). The molecule has 2 aliphatic heterocycles. The Morgan fingerprint density at radius 1 is 1.17 bits per heavy atom. The number of hydrogen-bond donors (Lipinski definition) is 2. The Bertz CT molecular complexity index is 1180. The Balaban J connectivity index is 1.49. The first-order valence-corrected chi connectivity index (χ1v) is 11.7. The van der Waals surface area contributed by atoms with Crippen molar-refractivity contribution in [2.45, 2.75) is 26.2 Å². The fraction of sp³-hybridized carbons (Fsp3) is 0.375. The molecule has 2 aromatic heterocycles. The fourth-order valence-corrected chi connectivity index (χ4v) is 4.24. The van der Waals surface area contributed by atoms with Crippen molar-refractivity contribution in [2.75, 3.05) is 48.0 Å². The number of fused-ring (bicyclic) bond motifs is 1. The van der Waals surface area contributed by atoms with Gasteiger partial charge in [0.1, 0.15) is 5.82 Å². The van der Waals surface area contributed by atoms with Gasteiger partial charge in [-0.15, -0.1) is 0 Å². The van der Waals surface area contributed by atoms with E-state index >= 15 is 0 Å². The smallest absolute Gasteiger partial charge is 0.319 e. The lowest BCUT2D eigenvalue weighted by atomic mass is 10.0. The molecule has 0 radical (unpaired) electrons. The summed E-state index contributed by atoms with van der Waals surface area (Å²) in [6.07, 6.45) is 2.79. The third-order valence-corrected chi connectivity index (χ3v) is 5.95. The molecule has 1 aromatic carbocycles. The van der Waals surface area contributed by atoms with Crippen LogP contribution in [0.3, 0.4) is 0 Å². The Hall–Kier alpha value is -3.86. The van der Waals surface area contributed by atoms with Gasteiger partial charge in [-0.1, -0.05) is 0 Å². The summed E-state index contributed by atoms with van der Waals surface area (Å²) in [6.45, 7) is 4.43. The molecular formula is C24H27FN8O2. The number of carbonyl (C=O) groups is 1. The van der Waals surface area contributed by atoms with E-state index in [4.69, 9.17) is 14.7 Å². The van der Waals surface area contributed by atoms with E-state index in [1.807, 2.05) is 19.1 Å². The zero-order valence-corrected chi connectivity index (χ0v) is 19.4. The lowest BCUT2D eigenvalue weighted by Gasteiger charge is -2.36. The van der Waals surface area contributed by atoms with E-state index in [0.29, 0.717) is 62.5 Å². The Morgan fingerprint density at radius 2 is 1.97 bits per heavy atom. The minimum atomic E-state index is -1.29. The summed E-state index contributed by atoms with van der Waals surface area (Å²) < 4.78 is 20.3. The second-order valence-electron chi connectivity index (χ2n) is 8.28. The van der Waals surface area contributed by atoms with Crippen molar-refractivity contribution in [3.63, 3.8) is 0 Å². The van der Waals surface area contributed by atoms with Gasteiger partial charge in [-0.25, -0.2) is 29.1 Å². The molecular weight excluding hydrogens is 451 g/mol. The maximum Gasteiger partial charge on any atom is 0.319 e. The average Bonchev–Trinajstić information content (AvgIpc) is 2.89. The molecule has 2 N–H and O–H groups in total. The fourth-order valence-electron chi connectivity index (χ4n) is 4.24. The third-order valence-electron chi connectivity index (χ3n) is 5.95. The summed E-state index contributed by atoms with van der Waals surface area (Å²) >= 11 is 0. The lowest BCUT2D eigenvalue weighted by molar-refractivity contribution is 0.0490. The van der Waals surface area contributed by atoms with Crippen molar-refractivity contribution >= 4 is 23.5 Å². The molecule has 4 heterocycles. The van der Waals surface area contributed by atoms with Gasteiger partial charge in [0.25, 0.3) is 0 Å². The quantitative estimate of drug-likeness (QED) is 0.539. The van der Waals surface area contributed by atoms with E-state index < -0.39 is 6.30 Å². The average molecular weight is 479 g/mol. The lowest BCUT2D eigenvalue weighted by Crippen LogP contribution is -2.45. The zero-order valence-electron chi connectivity index (χ0n) is 19.4. The van der Waals surface area contributed by atoms with E-state index in [9.17, 15) is 9.18 Å². The van der Waals surface area contributed by atoms with Crippen LogP contribution in [0.25, 0.3) is 11.4 Å². The van der Waals surface area contributed by atoms with Gasteiger partial charge in [0.15, 0.2) is 12.1 Å². The zero-order chi connectivity index (χ0) is 24.2. The molecule has 0 bridgehead atoms. The first-order valence-electron chi connectivity index (χ1n) is 11.7. The monoisotopic (exact) mass is 478 g/mol. The van der Waals surface area contributed by atoms with Crippen LogP contribution in [0.5, 0.6) is 0 Å². The first-order chi connectivity index (χ1) is 17.1. The SMILES string of the molecule is CCNC(=O)Nc1ccc(-c2nc3c(c(N4CCOC[C@@H]4F)n2)CN(c2ncccn2)CC3)cc1. The van der Waals surface area contributed by atoms with Crippen molar-refractivity contribution in [1.82, 2.24) is 25.3 Å². The summed E-state index contributed by atoms with van der Waals surface area (Å²) in [5, 5.41) is 5.48. The van der Waals surface area contributed by atoms with Crippen molar-refractivity contribution in [3.05, 3.63) is 54.0 Å². The van der Waals surface area contributed by atoms with Gasteiger partial charge in [0.05, 0.1) is 25.5 Å². The number of ether oxygens (including phenoxy) is 1. The van der Waals surface area contributed by atoms with Crippen LogP contribution in [0.15, 0.2) is 42.7 Å². The van der Waals surface area contributed by atoms with Crippen LogP contribution in [0.1, 0.15) is 18.2 Å². The van der Waals surface area contributed by atoms with Gasteiger partial charge in [-0.3, -0.25) is 0 Å². The van der Waals surface area contributed by atoms with Crippen LogP contribution in [0.2, 0.25) is 0 Å². The molecule has 11 heteroatoms. The number of rotatable bonds is 5. The molecule has 3 aromatic rings. The van der Waals surface area contributed by atoms with Gasteiger partial charge in [-0.05, 0) is 37.3 Å². The summed E-state index contributed by atoms with van der Waals surface area (Å²) in [7, 11) is 0. The molecule has 10 nitrogen and oxygen atoms in total. The van der Waals surface area contributed by atoms with Crippen molar-refractivity contribution in [2.24, 2.45) is 0 Å². The third kappa shape index (κ3) is 4.99. The topological polar surface area (TPSA) is 108 Å². The van der Waals surface area contributed by atoms with E-state index in [1.165, 1.54) is 0 Å². The molecule has 2 amide bonds. The minimum Gasteiger partial charge on any atom is -0.375 e. The van der Waals surface area contributed by atoms with Crippen LogP contribution in [0.4, 0.5) is 26.6 Å². The number of alkyl halides is 1. The first kappa shape index (κ1) is 22.9. The van der Waals surface area contributed by atoms with Crippen LogP contribution in [-0.2, 0) is 17.7 Å². The molecule has 1 saturated heterocycles. The number of hydrogen-bond acceptors (Lipinski definition) is 8. The number of nitrogens with zero attached hydrogens (tertiary/aromatic N) is 6. The molecule has 0 spiro atoms. The van der Waals surface area contributed by atoms with Gasteiger partial charge < -0.3 is 25.2 Å². The number of urea groups is 1. The number of halogens is 1. The van der Waals surface area contributed by atoms with E-state index in [2.05, 4.69) is 25.5 Å². The molecule has 0 unspecified atom stereocenters. The van der Waals surface area contributed by atoms with E-state index in [1.54, 1.807) is 35.5 Å². The summed E-state index contributed by atoms with van der Waals surface area (Å²) in [4.78, 5) is 33.9. The Kier molecular flexibility index (Phi) is 6.66. The predicted octanol–water partition coefficient (Wildman–Crippen LogP) is 2.77. The second-order valence-corrected chi connectivity index (χ2v) is 8.28. The van der Waals surface area contributed by atoms with Gasteiger partial charge in [0, 0.05) is 55.3 Å². The number of benzene rings is 1. The van der Waals surface area contributed by atoms with Gasteiger partial charge in [-0.2, -0.15) is 0 Å². The van der Waals surface area contributed by atoms with Crippen molar-refractivity contribution < 1.29 is 13.9 Å². The highest BCUT2D eigenvalue weighted by atomic mass is 19.1. The maximum absolute atomic E-state index is 15.0. The normalized spacial score (nSPS) is 17.6. The minimum absolute atomic E-state index is 0.000188. The molecule has 0 saturated carbocycles. The summed E-state index contributed by atoms with van der Waals surface area (Å²) in [6, 6.07) is 8.82. The van der Waals surface area contributed by atoms with E-state index in [-0.39, 0.29) is 12.6 Å². The number of amides is 2. The van der Waals surface area contributed by atoms with Crippen LogP contribution in [-0.4, -0.2) is 65.1 Å². The van der Waals surface area contributed by atoms with Crippen molar-refractivity contribution in [1.29, 1.82) is 0 Å². The van der Waals surface area contributed by atoms with E-state index in [0.717, 1.165) is 16.8 Å². The Morgan fingerprint density at radius 3 is 2.71 bits per heavy atom. The summed E-state index contributed by atoms with van der Waals surface area (Å²) in [5.41, 5.74) is 3.22. The largest absolute Gasteiger partial charge is 0.375 e. The molecule has 0 aliphatic carbocycles. The van der Waals surface area contributed by atoms with Gasteiger partial charge >= 0.3 is 6.03 Å². The van der Waals surface area contributed by atoms with Crippen molar-refractivity contribution in [3.8, 4) is 11.4 Å². The van der Waals surface area contributed by atoms with Crippen LogP contribution < -0.4 is 20.4 Å². The molecule has 1 atom stereocenters. The highest BCUT2D eigenvalue weighted by Gasteiger charge is 2.31. The highest BCUT2D eigenvalue weighted by molar-refractivity contribution is 5.89. The predicted molar refractivity (Wildman–Crippen MR) is 130 cm³/mol. The molecule has 182 valence electrons. The highest BCUT2D eigenvalue weighted by Crippen LogP contribution is 2.33. The maximum atomic E-state index is 15.0. The standard InChI is InChI=1S/C24H27FN8O2/c1-2-26-24(34)29-17-6-4-16(5-7-17)21-30-19-8-11-32(23-27-9-3-10-28-23)14-18(19)22(31-21)33-12-13-35-15-20(33)25/h3-7,9-10,20H,2,8,11-15H2,1H3,(H2,26,29,34)/t20-/m1/s1.